The molecule has 0 radical (unpaired) electrons. The zero-order valence-electron chi connectivity index (χ0n) is 11.2. The summed E-state index contributed by atoms with van der Waals surface area (Å²) in [6.45, 7) is 0.686. The van der Waals surface area contributed by atoms with E-state index in [2.05, 4.69) is 40.2 Å². The van der Waals surface area contributed by atoms with Gasteiger partial charge in [-0.25, -0.2) is 0 Å². The van der Waals surface area contributed by atoms with Crippen molar-refractivity contribution in [3.63, 3.8) is 0 Å². The number of aldehydes is 1. The lowest BCUT2D eigenvalue weighted by Crippen LogP contribution is -1.99. The van der Waals surface area contributed by atoms with E-state index in [-0.39, 0.29) is 0 Å². The van der Waals surface area contributed by atoms with Crippen molar-refractivity contribution in [2.45, 2.75) is 19.3 Å². The van der Waals surface area contributed by atoms with Gasteiger partial charge in [-0.05, 0) is 59.0 Å². The summed E-state index contributed by atoms with van der Waals surface area (Å²) >= 11 is 3.41. The highest BCUT2D eigenvalue weighted by Gasteiger charge is 2.02. The number of hydrogen-bond acceptors (Lipinski definition) is 2. The van der Waals surface area contributed by atoms with E-state index in [4.69, 9.17) is 4.74 Å². The fourth-order valence-corrected chi connectivity index (χ4v) is 2.48. The minimum Gasteiger partial charge on any atom is -0.492 e. The molecule has 0 aliphatic rings. The molecule has 2 nitrogen and oxygen atoms in total. The van der Waals surface area contributed by atoms with Gasteiger partial charge in [0.25, 0.3) is 0 Å². The molecule has 3 heteroatoms. The Hall–Kier alpha value is -1.61. The number of benzene rings is 2. The Bertz CT molecular complexity index is 552. The van der Waals surface area contributed by atoms with Crippen LogP contribution in [0.25, 0.3) is 0 Å². The SMILES string of the molecule is O=Cc1ccc(OCCCCc2ccccc2)c(Br)c1. The number of rotatable bonds is 7. The van der Waals surface area contributed by atoms with Crippen LogP contribution in [-0.2, 0) is 6.42 Å². The Kier molecular flexibility index (Phi) is 5.81. The molecule has 20 heavy (non-hydrogen) atoms. The summed E-state index contributed by atoms with van der Waals surface area (Å²) in [5.41, 5.74) is 2.01. The van der Waals surface area contributed by atoms with Gasteiger partial charge in [-0.2, -0.15) is 0 Å². The smallest absolute Gasteiger partial charge is 0.150 e. The summed E-state index contributed by atoms with van der Waals surface area (Å²) in [7, 11) is 0. The summed E-state index contributed by atoms with van der Waals surface area (Å²) in [5.74, 6) is 0.787. The number of unbranched alkanes of at least 4 members (excludes halogenated alkanes) is 1. The molecule has 0 atom stereocenters. The minimum absolute atomic E-state index is 0.647. The van der Waals surface area contributed by atoms with E-state index < -0.39 is 0 Å². The lowest BCUT2D eigenvalue weighted by atomic mass is 10.1. The first-order valence-electron chi connectivity index (χ1n) is 6.71. The second-order valence-electron chi connectivity index (χ2n) is 4.60. The molecule has 0 aromatic heterocycles. The maximum atomic E-state index is 10.6. The van der Waals surface area contributed by atoms with Crippen LogP contribution in [-0.4, -0.2) is 12.9 Å². The van der Waals surface area contributed by atoms with E-state index in [1.165, 1.54) is 5.56 Å². The van der Waals surface area contributed by atoms with Crippen molar-refractivity contribution >= 4 is 22.2 Å². The van der Waals surface area contributed by atoms with Crippen molar-refractivity contribution in [3.8, 4) is 5.75 Å². The van der Waals surface area contributed by atoms with Crippen molar-refractivity contribution in [3.05, 3.63) is 64.1 Å². The van der Waals surface area contributed by atoms with Gasteiger partial charge in [-0.15, -0.1) is 0 Å². The quantitative estimate of drug-likeness (QED) is 0.544. The summed E-state index contributed by atoms with van der Waals surface area (Å²) in [6, 6.07) is 15.8. The minimum atomic E-state index is 0.647. The van der Waals surface area contributed by atoms with Crippen LogP contribution in [0.2, 0.25) is 0 Å². The molecule has 0 amide bonds. The van der Waals surface area contributed by atoms with Crippen molar-refractivity contribution in [1.82, 2.24) is 0 Å². The third-order valence-corrected chi connectivity index (χ3v) is 3.67. The van der Waals surface area contributed by atoms with Gasteiger partial charge in [0.15, 0.2) is 0 Å². The Morgan fingerprint density at radius 2 is 1.85 bits per heavy atom. The number of ether oxygens (including phenoxy) is 1. The average Bonchev–Trinajstić information content (AvgIpc) is 2.49. The highest BCUT2D eigenvalue weighted by molar-refractivity contribution is 9.10. The summed E-state index contributed by atoms with van der Waals surface area (Å²) in [5, 5.41) is 0. The van der Waals surface area contributed by atoms with Crippen molar-refractivity contribution in [2.24, 2.45) is 0 Å². The molecule has 0 N–H and O–H groups in total. The zero-order chi connectivity index (χ0) is 14.2. The standard InChI is InChI=1S/C17H17BrO2/c18-16-12-15(13-19)9-10-17(16)20-11-5-4-8-14-6-2-1-3-7-14/h1-3,6-7,9-10,12-13H,4-5,8,11H2. The van der Waals surface area contributed by atoms with Gasteiger partial charge in [0, 0.05) is 5.56 Å². The molecule has 2 rings (SSSR count). The van der Waals surface area contributed by atoms with Gasteiger partial charge in [-0.1, -0.05) is 30.3 Å². The van der Waals surface area contributed by atoms with Crippen LogP contribution in [0.5, 0.6) is 5.75 Å². The zero-order valence-corrected chi connectivity index (χ0v) is 12.8. The normalized spacial score (nSPS) is 10.2. The van der Waals surface area contributed by atoms with Crippen LogP contribution in [0.15, 0.2) is 53.0 Å². The molecule has 0 unspecified atom stereocenters. The van der Waals surface area contributed by atoms with Gasteiger partial charge < -0.3 is 4.74 Å². The lowest BCUT2D eigenvalue weighted by Gasteiger charge is -2.08. The van der Waals surface area contributed by atoms with Gasteiger partial charge in [0.05, 0.1) is 11.1 Å². The number of hydrogen-bond donors (Lipinski definition) is 0. The predicted molar refractivity (Wildman–Crippen MR) is 84.4 cm³/mol. The number of carbonyl (C=O) groups is 1. The fourth-order valence-electron chi connectivity index (χ4n) is 1.97. The third-order valence-electron chi connectivity index (χ3n) is 3.05. The predicted octanol–water partition coefficient (Wildman–Crippen LogP) is 4.66. The first-order valence-corrected chi connectivity index (χ1v) is 7.50. The first-order chi connectivity index (χ1) is 9.79. The second kappa shape index (κ2) is 7.85. The van der Waals surface area contributed by atoms with Gasteiger partial charge >= 0.3 is 0 Å². The highest BCUT2D eigenvalue weighted by Crippen LogP contribution is 2.25. The molecule has 0 aliphatic heterocycles. The molecule has 0 aliphatic carbocycles. The number of aryl methyl sites for hydroxylation is 1. The van der Waals surface area contributed by atoms with E-state index in [1.807, 2.05) is 12.1 Å². The van der Waals surface area contributed by atoms with Crippen LogP contribution >= 0.6 is 15.9 Å². The highest BCUT2D eigenvalue weighted by atomic mass is 79.9. The van der Waals surface area contributed by atoms with Crippen LogP contribution in [0.1, 0.15) is 28.8 Å². The molecule has 0 saturated heterocycles. The molecule has 0 bridgehead atoms. The van der Waals surface area contributed by atoms with Crippen LogP contribution in [0, 0.1) is 0 Å². The van der Waals surface area contributed by atoms with Crippen LogP contribution in [0.3, 0.4) is 0 Å². The van der Waals surface area contributed by atoms with Crippen LogP contribution in [0.4, 0.5) is 0 Å². The number of carbonyl (C=O) groups excluding carboxylic acids is 1. The Balaban J connectivity index is 1.72. The Labute approximate surface area is 127 Å². The van der Waals surface area contributed by atoms with E-state index in [1.54, 1.807) is 12.1 Å². The van der Waals surface area contributed by atoms with Gasteiger partial charge in [0.2, 0.25) is 0 Å². The van der Waals surface area contributed by atoms with E-state index >= 15 is 0 Å². The summed E-state index contributed by atoms with van der Waals surface area (Å²) in [4.78, 5) is 10.6. The summed E-state index contributed by atoms with van der Waals surface area (Å²) < 4.78 is 6.54. The molecule has 0 fully saturated rings. The molecule has 0 saturated carbocycles. The van der Waals surface area contributed by atoms with E-state index in [0.717, 1.165) is 35.8 Å². The van der Waals surface area contributed by atoms with Crippen molar-refractivity contribution in [2.75, 3.05) is 6.61 Å². The van der Waals surface area contributed by atoms with Gasteiger partial charge in [0.1, 0.15) is 12.0 Å². The van der Waals surface area contributed by atoms with E-state index in [0.29, 0.717) is 12.2 Å². The van der Waals surface area contributed by atoms with E-state index in [9.17, 15) is 4.79 Å². The Morgan fingerprint density at radius 1 is 1.05 bits per heavy atom. The maximum Gasteiger partial charge on any atom is 0.150 e. The topological polar surface area (TPSA) is 26.3 Å². The monoisotopic (exact) mass is 332 g/mol. The van der Waals surface area contributed by atoms with Crippen molar-refractivity contribution < 1.29 is 9.53 Å². The Morgan fingerprint density at radius 3 is 2.55 bits per heavy atom. The lowest BCUT2D eigenvalue weighted by molar-refractivity contribution is 0.112. The molecule has 2 aromatic carbocycles. The van der Waals surface area contributed by atoms with Crippen molar-refractivity contribution in [1.29, 1.82) is 0 Å². The first kappa shape index (κ1) is 14.8. The van der Waals surface area contributed by atoms with Gasteiger partial charge in [-0.3, -0.25) is 4.79 Å². The molecule has 2 aromatic rings. The van der Waals surface area contributed by atoms with Crippen LogP contribution < -0.4 is 4.74 Å². The number of halogens is 1. The maximum absolute atomic E-state index is 10.6. The molecule has 0 heterocycles. The molecular formula is C17H17BrO2. The average molecular weight is 333 g/mol. The molecular weight excluding hydrogens is 316 g/mol. The molecule has 0 spiro atoms. The summed E-state index contributed by atoms with van der Waals surface area (Å²) in [6.07, 6.45) is 4.02. The second-order valence-corrected chi connectivity index (χ2v) is 5.45. The largest absolute Gasteiger partial charge is 0.492 e. The molecule has 104 valence electrons. The fraction of sp³-hybridized carbons (Fsp3) is 0.235. The third kappa shape index (κ3) is 4.49.